The number of para-hydroxylation sites is 1. The van der Waals surface area contributed by atoms with Crippen molar-refractivity contribution < 1.29 is 29.6 Å². The van der Waals surface area contributed by atoms with E-state index in [1.807, 2.05) is 48.5 Å². The summed E-state index contributed by atoms with van der Waals surface area (Å²) in [5, 5.41) is 15.2. The first-order valence-corrected chi connectivity index (χ1v) is 8.68. The van der Waals surface area contributed by atoms with Crippen molar-refractivity contribution in [1.82, 2.24) is 30.4 Å². The number of nitrogens with one attached hydrogen (secondary N) is 1. The number of benzene rings is 2. The molecular formula is C19H24Cl2N6O-2. The van der Waals surface area contributed by atoms with Gasteiger partial charge in [0.25, 0.3) is 0 Å². The standard InChI is InChI=1S/C19H24N6O.2ClH/c1-24(2)13-7-12-20-15-16-8-6-11-18(14-16)26-19-21-22-23-25(19)17-9-4-3-5-10-17;;/h3-6,8-11,14,20H,7,12-13,15H2,1-2H3;2*1H/p-2. The zero-order valence-electron chi connectivity index (χ0n) is 15.9. The Labute approximate surface area is 177 Å². The molecule has 2 aromatic carbocycles. The van der Waals surface area contributed by atoms with Crippen LogP contribution in [0.4, 0.5) is 0 Å². The Morgan fingerprint density at radius 3 is 2.57 bits per heavy atom. The second kappa shape index (κ2) is 12.3. The first-order valence-electron chi connectivity index (χ1n) is 8.68. The van der Waals surface area contributed by atoms with E-state index >= 15 is 0 Å². The van der Waals surface area contributed by atoms with Crippen molar-refractivity contribution in [2.24, 2.45) is 0 Å². The van der Waals surface area contributed by atoms with Gasteiger partial charge in [-0.05, 0) is 73.9 Å². The van der Waals surface area contributed by atoms with E-state index < -0.39 is 0 Å². The number of rotatable bonds is 9. The van der Waals surface area contributed by atoms with Crippen LogP contribution in [0.1, 0.15) is 12.0 Å². The Bertz CT molecular complexity index is 813. The van der Waals surface area contributed by atoms with Crippen molar-refractivity contribution in [3.8, 4) is 17.4 Å². The number of nitrogens with zero attached hydrogens (tertiary/aromatic N) is 5. The molecule has 152 valence electrons. The summed E-state index contributed by atoms with van der Waals surface area (Å²) < 4.78 is 7.47. The van der Waals surface area contributed by atoms with E-state index in [0.29, 0.717) is 11.8 Å². The van der Waals surface area contributed by atoms with E-state index in [4.69, 9.17) is 4.74 Å². The molecule has 9 heteroatoms. The lowest BCUT2D eigenvalue weighted by atomic mass is 10.2. The first kappa shape index (κ1) is 23.8. The Morgan fingerprint density at radius 2 is 1.82 bits per heavy atom. The van der Waals surface area contributed by atoms with Gasteiger partial charge in [0.05, 0.1) is 5.69 Å². The maximum Gasteiger partial charge on any atom is 0.345 e. The number of halogens is 2. The minimum Gasteiger partial charge on any atom is -1.00 e. The smallest absolute Gasteiger partial charge is 0.345 e. The second-order valence-corrected chi connectivity index (χ2v) is 6.29. The van der Waals surface area contributed by atoms with Gasteiger partial charge in [-0.3, -0.25) is 0 Å². The molecule has 0 saturated heterocycles. The predicted octanol–water partition coefficient (Wildman–Crippen LogP) is -3.50. The quantitative estimate of drug-likeness (QED) is 0.361. The van der Waals surface area contributed by atoms with Crippen LogP contribution in [0.2, 0.25) is 0 Å². The van der Waals surface area contributed by atoms with Crippen LogP contribution in [0.3, 0.4) is 0 Å². The summed E-state index contributed by atoms with van der Waals surface area (Å²) >= 11 is 0. The molecule has 0 fully saturated rings. The summed E-state index contributed by atoms with van der Waals surface area (Å²) in [5.41, 5.74) is 2.01. The molecular weight excluding hydrogens is 399 g/mol. The molecule has 1 aromatic heterocycles. The fourth-order valence-corrected chi connectivity index (χ4v) is 2.55. The van der Waals surface area contributed by atoms with Crippen molar-refractivity contribution >= 4 is 0 Å². The molecule has 1 heterocycles. The molecule has 28 heavy (non-hydrogen) atoms. The zero-order valence-corrected chi connectivity index (χ0v) is 17.4. The fourth-order valence-electron chi connectivity index (χ4n) is 2.55. The van der Waals surface area contributed by atoms with Gasteiger partial charge in [-0.25, -0.2) is 0 Å². The maximum absolute atomic E-state index is 5.90. The zero-order chi connectivity index (χ0) is 18.2. The van der Waals surface area contributed by atoms with Gasteiger partial charge < -0.3 is 39.8 Å². The maximum atomic E-state index is 5.90. The van der Waals surface area contributed by atoms with E-state index in [1.165, 1.54) is 0 Å². The van der Waals surface area contributed by atoms with Crippen molar-refractivity contribution in [1.29, 1.82) is 0 Å². The predicted molar refractivity (Wildman–Crippen MR) is 101 cm³/mol. The van der Waals surface area contributed by atoms with Crippen molar-refractivity contribution in [3.05, 3.63) is 60.2 Å². The third-order valence-electron chi connectivity index (χ3n) is 3.84. The molecule has 0 aliphatic heterocycles. The highest BCUT2D eigenvalue weighted by atomic mass is 35.5. The Kier molecular flexibility index (Phi) is 10.5. The molecule has 0 unspecified atom stereocenters. The van der Waals surface area contributed by atoms with Crippen molar-refractivity contribution in [2.75, 3.05) is 27.2 Å². The number of ether oxygens (including phenoxy) is 1. The summed E-state index contributed by atoms with van der Waals surface area (Å²) in [4.78, 5) is 2.19. The first-order chi connectivity index (χ1) is 12.7. The summed E-state index contributed by atoms with van der Waals surface area (Å²) in [6, 6.07) is 18.0. The van der Waals surface area contributed by atoms with Gasteiger partial charge in [0.2, 0.25) is 0 Å². The molecule has 0 spiro atoms. The van der Waals surface area contributed by atoms with Crippen LogP contribution in [0.25, 0.3) is 5.69 Å². The van der Waals surface area contributed by atoms with Crippen LogP contribution in [0.5, 0.6) is 11.8 Å². The normalized spacial score (nSPS) is 10.2. The van der Waals surface area contributed by atoms with Gasteiger partial charge >= 0.3 is 6.01 Å². The van der Waals surface area contributed by atoms with Gasteiger partial charge in [0.1, 0.15) is 5.75 Å². The van der Waals surface area contributed by atoms with E-state index in [9.17, 15) is 0 Å². The SMILES string of the molecule is CN(C)CCCNCc1cccc(Oc2nnnn2-c2ccccc2)c1.[Cl-].[Cl-]. The number of tetrazole rings is 1. The third-order valence-corrected chi connectivity index (χ3v) is 3.84. The van der Waals surface area contributed by atoms with Gasteiger partial charge in [0.15, 0.2) is 0 Å². The van der Waals surface area contributed by atoms with Crippen LogP contribution in [0, 0.1) is 0 Å². The van der Waals surface area contributed by atoms with E-state index in [0.717, 1.165) is 37.3 Å². The van der Waals surface area contributed by atoms with E-state index in [2.05, 4.69) is 45.9 Å². The lowest BCUT2D eigenvalue weighted by Crippen LogP contribution is -3.00. The van der Waals surface area contributed by atoms with E-state index in [-0.39, 0.29) is 24.8 Å². The van der Waals surface area contributed by atoms with Gasteiger partial charge in [-0.1, -0.05) is 35.4 Å². The van der Waals surface area contributed by atoms with Crippen LogP contribution in [-0.4, -0.2) is 52.3 Å². The number of hydrogen-bond donors (Lipinski definition) is 1. The van der Waals surface area contributed by atoms with Crippen LogP contribution in [-0.2, 0) is 6.54 Å². The molecule has 0 saturated carbocycles. The Balaban J connectivity index is 0.00000196. The van der Waals surface area contributed by atoms with Crippen molar-refractivity contribution in [2.45, 2.75) is 13.0 Å². The lowest BCUT2D eigenvalue weighted by Gasteiger charge is -2.10. The minimum absolute atomic E-state index is 0. The molecule has 0 aliphatic carbocycles. The van der Waals surface area contributed by atoms with E-state index in [1.54, 1.807) is 4.68 Å². The average molecular weight is 423 g/mol. The minimum atomic E-state index is 0. The highest BCUT2D eigenvalue weighted by Gasteiger charge is 2.10. The largest absolute Gasteiger partial charge is 1.00 e. The second-order valence-electron chi connectivity index (χ2n) is 6.29. The topological polar surface area (TPSA) is 68.1 Å². The molecule has 0 atom stereocenters. The van der Waals surface area contributed by atoms with Gasteiger partial charge in [-0.2, -0.15) is 4.68 Å². The molecule has 0 aliphatic rings. The average Bonchev–Trinajstić information content (AvgIpc) is 3.10. The number of aromatic nitrogens is 4. The third kappa shape index (κ3) is 7.09. The molecule has 0 bridgehead atoms. The van der Waals surface area contributed by atoms with Crippen LogP contribution in [0.15, 0.2) is 54.6 Å². The summed E-state index contributed by atoms with van der Waals surface area (Å²) in [5.74, 6) is 0.713. The highest BCUT2D eigenvalue weighted by molar-refractivity contribution is 5.34. The lowest BCUT2D eigenvalue weighted by molar-refractivity contribution is -0.00100. The molecule has 3 rings (SSSR count). The van der Waals surface area contributed by atoms with Crippen LogP contribution >= 0.6 is 0 Å². The molecule has 1 N–H and O–H groups in total. The van der Waals surface area contributed by atoms with Crippen molar-refractivity contribution in [3.63, 3.8) is 0 Å². The molecule has 0 amide bonds. The molecule has 0 radical (unpaired) electrons. The van der Waals surface area contributed by atoms with Crippen LogP contribution < -0.4 is 34.9 Å². The molecule has 7 nitrogen and oxygen atoms in total. The monoisotopic (exact) mass is 422 g/mol. The summed E-state index contributed by atoms with van der Waals surface area (Å²) in [6.45, 7) is 2.86. The summed E-state index contributed by atoms with van der Waals surface area (Å²) in [7, 11) is 4.17. The summed E-state index contributed by atoms with van der Waals surface area (Å²) in [6.07, 6.45) is 1.12. The molecule has 3 aromatic rings. The Hall–Kier alpha value is -2.19. The Morgan fingerprint density at radius 1 is 1.04 bits per heavy atom. The number of hydrogen-bond acceptors (Lipinski definition) is 6. The van der Waals surface area contributed by atoms with Gasteiger partial charge in [-0.15, -0.1) is 0 Å². The highest BCUT2D eigenvalue weighted by Crippen LogP contribution is 2.22. The van der Waals surface area contributed by atoms with Gasteiger partial charge in [0, 0.05) is 6.54 Å². The fraction of sp³-hybridized carbons (Fsp3) is 0.316.